The molecule has 0 aliphatic rings. The van der Waals surface area contributed by atoms with Crippen LogP contribution >= 0.6 is 0 Å². The zero-order valence-electron chi connectivity index (χ0n) is 11.8. The number of hydrogen-bond acceptors (Lipinski definition) is 5. The van der Waals surface area contributed by atoms with Gasteiger partial charge in [0.05, 0.1) is 0 Å². The Morgan fingerprint density at radius 3 is 2.32 bits per heavy atom. The van der Waals surface area contributed by atoms with E-state index in [0.29, 0.717) is 5.56 Å². The molecule has 1 rings (SSSR count). The number of nitrogens with one attached hydrogen (secondary N) is 1. The molecule has 122 valence electrons. The summed E-state index contributed by atoms with van der Waals surface area (Å²) in [5, 5.41) is 11.0. The van der Waals surface area contributed by atoms with E-state index in [1.54, 1.807) is 37.3 Å². The predicted molar refractivity (Wildman–Crippen MR) is 76.8 cm³/mol. The first-order chi connectivity index (χ1) is 10.2. The van der Waals surface area contributed by atoms with E-state index in [4.69, 9.17) is 14.4 Å². The minimum absolute atomic E-state index is 0.197. The Morgan fingerprint density at radius 1 is 1.27 bits per heavy atom. The van der Waals surface area contributed by atoms with E-state index in [0.717, 1.165) is 0 Å². The molecule has 0 heterocycles. The lowest BCUT2D eigenvalue weighted by Crippen LogP contribution is -2.47. The van der Waals surface area contributed by atoms with Crippen LogP contribution in [0.5, 0.6) is 0 Å². The van der Waals surface area contributed by atoms with Crippen molar-refractivity contribution in [2.75, 3.05) is 12.4 Å². The molecule has 2 atom stereocenters. The van der Waals surface area contributed by atoms with Crippen LogP contribution in [0, 0.1) is 0 Å². The van der Waals surface area contributed by atoms with Crippen molar-refractivity contribution in [3.05, 3.63) is 35.9 Å². The van der Waals surface area contributed by atoms with E-state index in [1.807, 2.05) is 0 Å². The van der Waals surface area contributed by atoms with Gasteiger partial charge in [-0.1, -0.05) is 30.3 Å². The van der Waals surface area contributed by atoms with E-state index in [9.17, 15) is 18.0 Å². The molecule has 1 amide bonds. The van der Waals surface area contributed by atoms with Gasteiger partial charge in [0.2, 0.25) is 0 Å². The van der Waals surface area contributed by atoms with Gasteiger partial charge in [-0.3, -0.25) is 9.35 Å². The van der Waals surface area contributed by atoms with Crippen molar-refractivity contribution in [2.24, 2.45) is 0 Å². The Morgan fingerprint density at radius 2 is 1.86 bits per heavy atom. The second kappa shape index (κ2) is 7.87. The van der Waals surface area contributed by atoms with Gasteiger partial charge in [0.25, 0.3) is 16.0 Å². The first-order valence-electron chi connectivity index (χ1n) is 6.39. The summed E-state index contributed by atoms with van der Waals surface area (Å²) in [5.41, 5.74) is 0.498. The molecule has 2 unspecified atom stereocenters. The average Bonchev–Trinajstić information content (AvgIpc) is 2.43. The lowest BCUT2D eigenvalue weighted by atomic mass is 10.1. The monoisotopic (exact) mass is 331 g/mol. The Balaban J connectivity index is 2.92. The minimum atomic E-state index is -4.55. The average molecular weight is 331 g/mol. The molecule has 0 bridgehead atoms. The molecular formula is C13H17NO7S. The molecule has 0 fully saturated rings. The third-order valence-corrected chi connectivity index (χ3v) is 3.42. The van der Waals surface area contributed by atoms with Crippen LogP contribution in [0.4, 0.5) is 0 Å². The van der Waals surface area contributed by atoms with Crippen molar-refractivity contribution in [3.8, 4) is 0 Å². The van der Waals surface area contributed by atoms with Gasteiger partial charge in [0.1, 0.15) is 11.8 Å². The number of carboxylic acids is 1. The Labute approximate surface area is 127 Å². The zero-order valence-corrected chi connectivity index (χ0v) is 12.6. The van der Waals surface area contributed by atoms with E-state index in [1.165, 1.54) is 0 Å². The molecule has 9 heteroatoms. The topological polar surface area (TPSA) is 130 Å². The summed E-state index contributed by atoms with van der Waals surface area (Å²) in [6, 6.07) is 6.58. The van der Waals surface area contributed by atoms with Gasteiger partial charge < -0.3 is 15.2 Å². The highest BCUT2D eigenvalue weighted by Crippen LogP contribution is 2.17. The van der Waals surface area contributed by atoms with Gasteiger partial charge in [0, 0.05) is 6.61 Å². The van der Waals surface area contributed by atoms with Crippen LogP contribution in [0.25, 0.3) is 0 Å². The molecule has 0 saturated carbocycles. The minimum Gasteiger partial charge on any atom is -0.480 e. The predicted octanol–water partition coefficient (Wildman–Crippen LogP) is 0.221. The van der Waals surface area contributed by atoms with E-state index in [2.05, 4.69) is 5.32 Å². The fourth-order valence-corrected chi connectivity index (χ4v) is 2.40. The summed E-state index contributed by atoms with van der Waals surface area (Å²) in [4.78, 5) is 23.2. The maximum atomic E-state index is 12.2. The van der Waals surface area contributed by atoms with Crippen LogP contribution in [-0.2, 0) is 24.4 Å². The van der Waals surface area contributed by atoms with Crippen molar-refractivity contribution in [2.45, 2.75) is 19.1 Å². The zero-order chi connectivity index (χ0) is 16.8. The summed E-state index contributed by atoms with van der Waals surface area (Å²) < 4.78 is 35.6. The number of benzene rings is 1. The number of rotatable bonds is 8. The van der Waals surface area contributed by atoms with Gasteiger partial charge in [-0.15, -0.1) is 0 Å². The number of ether oxygens (including phenoxy) is 1. The van der Waals surface area contributed by atoms with Crippen LogP contribution in [0.3, 0.4) is 0 Å². The third kappa shape index (κ3) is 5.80. The molecule has 1 aromatic rings. The first kappa shape index (κ1) is 18.1. The molecule has 0 saturated heterocycles. The van der Waals surface area contributed by atoms with E-state index >= 15 is 0 Å². The van der Waals surface area contributed by atoms with Crippen LogP contribution < -0.4 is 5.32 Å². The lowest BCUT2D eigenvalue weighted by Gasteiger charge is -2.20. The molecule has 8 nitrogen and oxygen atoms in total. The summed E-state index contributed by atoms with van der Waals surface area (Å²) >= 11 is 0. The van der Waals surface area contributed by atoms with Gasteiger partial charge in [-0.25, -0.2) is 4.79 Å². The fraction of sp³-hybridized carbons (Fsp3) is 0.385. The van der Waals surface area contributed by atoms with Crippen molar-refractivity contribution in [1.29, 1.82) is 0 Å². The summed E-state index contributed by atoms with van der Waals surface area (Å²) in [6.45, 7) is 1.86. The highest BCUT2D eigenvalue weighted by Gasteiger charge is 2.29. The van der Waals surface area contributed by atoms with Crippen LogP contribution in [0.2, 0.25) is 0 Å². The lowest BCUT2D eigenvalue weighted by molar-refractivity contribution is -0.143. The van der Waals surface area contributed by atoms with Crippen LogP contribution in [0.15, 0.2) is 30.3 Å². The maximum absolute atomic E-state index is 12.2. The standard InChI is InChI=1S/C13H17NO7S/c1-2-21-11(9-6-4-3-5-7-9)12(15)14-10(13(16)17)8-22(18,19)20/h3-7,10-11H,2,8H2,1H3,(H,14,15)(H,16,17)(H,18,19,20). The number of carbonyl (C=O) groups is 2. The third-order valence-electron chi connectivity index (χ3n) is 2.67. The quantitative estimate of drug-likeness (QED) is 0.581. The van der Waals surface area contributed by atoms with E-state index in [-0.39, 0.29) is 6.61 Å². The Hall–Kier alpha value is -1.97. The maximum Gasteiger partial charge on any atom is 0.327 e. The Kier molecular flexibility index (Phi) is 6.47. The number of hydrogen-bond donors (Lipinski definition) is 3. The highest BCUT2D eigenvalue weighted by molar-refractivity contribution is 7.85. The second-order valence-corrected chi connectivity index (χ2v) is 5.89. The molecule has 22 heavy (non-hydrogen) atoms. The second-order valence-electron chi connectivity index (χ2n) is 4.39. The molecule has 3 N–H and O–H groups in total. The van der Waals surface area contributed by atoms with Crippen molar-refractivity contribution < 1.29 is 32.4 Å². The summed E-state index contributed by atoms with van der Waals surface area (Å²) in [7, 11) is -4.55. The van der Waals surface area contributed by atoms with Gasteiger partial charge >= 0.3 is 5.97 Å². The van der Waals surface area contributed by atoms with Crippen molar-refractivity contribution >= 4 is 22.0 Å². The van der Waals surface area contributed by atoms with Crippen molar-refractivity contribution in [3.63, 3.8) is 0 Å². The molecular weight excluding hydrogens is 314 g/mol. The molecule has 0 radical (unpaired) electrons. The van der Waals surface area contributed by atoms with Crippen molar-refractivity contribution in [1.82, 2.24) is 5.32 Å². The van der Waals surface area contributed by atoms with Crippen LogP contribution in [0.1, 0.15) is 18.6 Å². The number of aliphatic carboxylic acids is 1. The molecule has 0 aromatic heterocycles. The van der Waals surface area contributed by atoms with E-state index < -0.39 is 39.9 Å². The summed E-state index contributed by atoms with van der Waals surface area (Å²) in [6.07, 6.45) is -1.07. The molecule has 0 spiro atoms. The first-order valence-corrected chi connectivity index (χ1v) is 8.00. The Bertz CT molecular complexity index is 615. The molecule has 0 aliphatic heterocycles. The van der Waals surface area contributed by atoms with Gasteiger partial charge in [-0.2, -0.15) is 8.42 Å². The SMILES string of the molecule is CCOC(C(=O)NC(CS(=O)(=O)O)C(=O)O)c1ccccc1. The number of carbonyl (C=O) groups excluding carboxylic acids is 1. The van der Waals surface area contributed by atoms with Crippen LogP contribution in [-0.4, -0.2) is 48.4 Å². The number of amides is 1. The fourth-order valence-electron chi connectivity index (χ4n) is 1.75. The smallest absolute Gasteiger partial charge is 0.327 e. The normalized spacial score (nSPS) is 14.1. The highest BCUT2D eigenvalue weighted by atomic mass is 32.2. The molecule has 0 aliphatic carbocycles. The largest absolute Gasteiger partial charge is 0.480 e. The summed E-state index contributed by atoms with van der Waals surface area (Å²) in [5.74, 6) is -3.50. The van der Waals surface area contributed by atoms with Gasteiger partial charge in [-0.05, 0) is 12.5 Å². The van der Waals surface area contributed by atoms with Gasteiger partial charge in [0.15, 0.2) is 6.10 Å². The molecule has 1 aromatic carbocycles. The number of carboxylic acid groups (broad SMARTS) is 1.